The molecule has 0 radical (unpaired) electrons. The topological polar surface area (TPSA) is 38.7 Å². The largest absolute Gasteiger partial charge is 0.489 e. The third kappa shape index (κ3) is 2.72. The Kier molecular flexibility index (Phi) is 2.82. The Morgan fingerprint density at radius 3 is 2.29 bits per heavy atom. The van der Waals surface area contributed by atoms with Gasteiger partial charge in [0.1, 0.15) is 0 Å². The van der Waals surface area contributed by atoms with Crippen LogP contribution in [0.25, 0.3) is 0 Å². The molecule has 1 N–H and O–H groups in total. The van der Waals surface area contributed by atoms with E-state index in [1.807, 2.05) is 18.2 Å². The lowest BCUT2D eigenvalue weighted by atomic mass is 9.97. The third-order valence-corrected chi connectivity index (χ3v) is 2.89. The van der Waals surface area contributed by atoms with E-state index < -0.39 is 5.60 Å². The van der Waals surface area contributed by atoms with Gasteiger partial charge in [0.25, 0.3) is 0 Å². The van der Waals surface area contributed by atoms with Crippen LogP contribution in [0, 0.1) is 5.41 Å². The highest BCUT2D eigenvalue weighted by Crippen LogP contribution is 2.36. The predicted octanol–water partition coefficient (Wildman–Crippen LogP) is 2.71. The molecule has 3 heteroatoms. The molecule has 1 aromatic carbocycles. The van der Waals surface area contributed by atoms with Gasteiger partial charge in [-0.2, -0.15) is 0 Å². The number of benzene rings is 1. The maximum absolute atomic E-state index is 9.97. The molecule has 0 aliphatic carbocycles. The van der Waals surface area contributed by atoms with E-state index in [4.69, 9.17) is 9.47 Å². The van der Waals surface area contributed by atoms with Crippen LogP contribution in [0.15, 0.2) is 18.2 Å². The van der Waals surface area contributed by atoms with E-state index in [2.05, 4.69) is 13.8 Å². The number of fused-ring (bicyclic) bond motifs is 1. The van der Waals surface area contributed by atoms with Gasteiger partial charge in [-0.15, -0.1) is 0 Å². The lowest BCUT2D eigenvalue weighted by molar-refractivity contribution is 0.0781. The highest BCUT2D eigenvalue weighted by Gasteiger charge is 2.26. The highest BCUT2D eigenvalue weighted by molar-refractivity contribution is 5.44. The molecule has 0 unspecified atom stereocenters. The second-order valence-corrected chi connectivity index (χ2v) is 5.96. The van der Waals surface area contributed by atoms with Gasteiger partial charge in [0.15, 0.2) is 11.5 Å². The molecule has 17 heavy (non-hydrogen) atoms. The first-order chi connectivity index (χ1) is 7.78. The van der Waals surface area contributed by atoms with Crippen molar-refractivity contribution >= 4 is 0 Å². The normalized spacial score (nSPS) is 18.6. The molecule has 3 nitrogen and oxygen atoms in total. The summed E-state index contributed by atoms with van der Waals surface area (Å²) in [7, 11) is 0. The van der Waals surface area contributed by atoms with Gasteiger partial charge in [-0.3, -0.25) is 0 Å². The molecule has 0 atom stereocenters. The zero-order valence-corrected chi connectivity index (χ0v) is 10.9. The van der Waals surface area contributed by atoms with Crippen LogP contribution < -0.4 is 9.47 Å². The summed E-state index contributed by atoms with van der Waals surface area (Å²) in [6, 6.07) is 5.60. The highest BCUT2D eigenvalue weighted by atomic mass is 16.5. The standard InChI is InChI=1S/C14H20O3/c1-13(2)8-16-11-6-5-10(14(3,4)15)7-12(11)17-9-13/h5-7,15H,8-9H2,1-4H3. The molecule has 1 aliphatic heterocycles. The molecule has 0 bridgehead atoms. The Morgan fingerprint density at radius 1 is 1.12 bits per heavy atom. The second kappa shape index (κ2) is 3.91. The molecule has 1 heterocycles. The van der Waals surface area contributed by atoms with Crippen LogP contribution >= 0.6 is 0 Å². The van der Waals surface area contributed by atoms with Gasteiger partial charge in [0, 0.05) is 5.41 Å². The Bertz CT molecular complexity index is 416. The molecule has 0 spiro atoms. The summed E-state index contributed by atoms with van der Waals surface area (Å²) < 4.78 is 11.5. The van der Waals surface area contributed by atoms with E-state index in [1.54, 1.807) is 13.8 Å². The van der Waals surface area contributed by atoms with Gasteiger partial charge in [-0.25, -0.2) is 0 Å². The van der Waals surface area contributed by atoms with E-state index >= 15 is 0 Å². The van der Waals surface area contributed by atoms with Crippen molar-refractivity contribution in [1.29, 1.82) is 0 Å². The van der Waals surface area contributed by atoms with E-state index in [9.17, 15) is 5.11 Å². The van der Waals surface area contributed by atoms with Crippen molar-refractivity contribution < 1.29 is 14.6 Å². The molecular formula is C14H20O3. The zero-order chi connectivity index (χ0) is 12.7. The molecule has 0 saturated heterocycles. The van der Waals surface area contributed by atoms with Gasteiger partial charge >= 0.3 is 0 Å². The van der Waals surface area contributed by atoms with Crippen molar-refractivity contribution in [2.75, 3.05) is 13.2 Å². The van der Waals surface area contributed by atoms with Gasteiger partial charge in [0.2, 0.25) is 0 Å². The average molecular weight is 236 g/mol. The molecule has 0 fully saturated rings. The first kappa shape index (κ1) is 12.2. The lowest BCUT2D eigenvalue weighted by Gasteiger charge is -2.20. The summed E-state index contributed by atoms with van der Waals surface area (Å²) in [5.41, 5.74) is -0.0201. The van der Waals surface area contributed by atoms with Gasteiger partial charge in [-0.05, 0) is 31.5 Å². The van der Waals surface area contributed by atoms with E-state index in [-0.39, 0.29) is 5.41 Å². The van der Waals surface area contributed by atoms with Crippen molar-refractivity contribution in [2.24, 2.45) is 5.41 Å². The summed E-state index contributed by atoms with van der Waals surface area (Å²) in [6.07, 6.45) is 0. The van der Waals surface area contributed by atoms with Crippen molar-refractivity contribution in [3.63, 3.8) is 0 Å². The molecule has 2 rings (SSSR count). The van der Waals surface area contributed by atoms with Crippen molar-refractivity contribution in [3.8, 4) is 11.5 Å². The quantitative estimate of drug-likeness (QED) is 0.814. The van der Waals surface area contributed by atoms with Crippen LogP contribution in [-0.2, 0) is 5.60 Å². The summed E-state index contributed by atoms with van der Waals surface area (Å²) in [4.78, 5) is 0. The molecule has 1 aliphatic rings. The maximum Gasteiger partial charge on any atom is 0.161 e. The second-order valence-electron chi connectivity index (χ2n) is 5.96. The Balaban J connectivity index is 2.32. The van der Waals surface area contributed by atoms with Gasteiger partial charge < -0.3 is 14.6 Å². The fourth-order valence-corrected chi connectivity index (χ4v) is 1.71. The molecule has 0 amide bonds. The zero-order valence-electron chi connectivity index (χ0n) is 10.9. The molecule has 94 valence electrons. The molecular weight excluding hydrogens is 216 g/mol. The van der Waals surface area contributed by atoms with Crippen LogP contribution in [0.1, 0.15) is 33.3 Å². The first-order valence-electron chi connectivity index (χ1n) is 5.90. The summed E-state index contributed by atoms with van der Waals surface area (Å²) in [5, 5.41) is 9.97. The Hall–Kier alpha value is -1.22. The first-order valence-corrected chi connectivity index (χ1v) is 5.90. The average Bonchev–Trinajstić information content (AvgIpc) is 2.36. The lowest BCUT2D eigenvalue weighted by Crippen LogP contribution is -2.26. The fourth-order valence-electron chi connectivity index (χ4n) is 1.71. The van der Waals surface area contributed by atoms with Crippen molar-refractivity contribution in [2.45, 2.75) is 33.3 Å². The SMILES string of the molecule is CC1(C)COc2ccc(C(C)(C)O)cc2OC1. The van der Waals surface area contributed by atoms with E-state index in [0.29, 0.717) is 13.2 Å². The minimum absolute atomic E-state index is 0.00785. The molecule has 1 aromatic rings. The van der Waals surface area contributed by atoms with E-state index in [1.165, 1.54) is 0 Å². The van der Waals surface area contributed by atoms with Crippen molar-refractivity contribution in [1.82, 2.24) is 0 Å². The molecule has 0 saturated carbocycles. The maximum atomic E-state index is 9.97. The third-order valence-electron chi connectivity index (χ3n) is 2.89. The molecule has 0 aromatic heterocycles. The number of aliphatic hydroxyl groups is 1. The Labute approximate surface area is 102 Å². The summed E-state index contributed by atoms with van der Waals surface area (Å²) in [5.74, 6) is 1.47. The smallest absolute Gasteiger partial charge is 0.161 e. The summed E-state index contributed by atoms with van der Waals surface area (Å²) >= 11 is 0. The minimum atomic E-state index is -0.861. The minimum Gasteiger partial charge on any atom is -0.489 e. The van der Waals surface area contributed by atoms with Crippen molar-refractivity contribution in [3.05, 3.63) is 23.8 Å². The number of hydrogen-bond acceptors (Lipinski definition) is 3. The van der Waals surface area contributed by atoms with Crippen LogP contribution in [0.2, 0.25) is 0 Å². The monoisotopic (exact) mass is 236 g/mol. The van der Waals surface area contributed by atoms with Crippen LogP contribution in [0.5, 0.6) is 11.5 Å². The van der Waals surface area contributed by atoms with Gasteiger partial charge in [0.05, 0.1) is 18.8 Å². The summed E-state index contributed by atoms with van der Waals surface area (Å²) in [6.45, 7) is 9.00. The van der Waals surface area contributed by atoms with Crippen LogP contribution in [0.3, 0.4) is 0 Å². The fraction of sp³-hybridized carbons (Fsp3) is 0.571. The van der Waals surface area contributed by atoms with Crippen LogP contribution in [0.4, 0.5) is 0 Å². The number of hydrogen-bond donors (Lipinski definition) is 1. The Morgan fingerprint density at radius 2 is 1.71 bits per heavy atom. The van der Waals surface area contributed by atoms with Crippen LogP contribution in [-0.4, -0.2) is 18.3 Å². The predicted molar refractivity (Wildman–Crippen MR) is 66.5 cm³/mol. The van der Waals surface area contributed by atoms with E-state index in [0.717, 1.165) is 17.1 Å². The number of rotatable bonds is 1. The number of ether oxygens (including phenoxy) is 2. The van der Waals surface area contributed by atoms with Gasteiger partial charge in [-0.1, -0.05) is 19.9 Å².